The number of nitrogens with zero attached hydrogens (tertiary/aromatic N) is 2. The number of ketones is 1. The Morgan fingerprint density at radius 1 is 1.32 bits per heavy atom. The van der Waals surface area contributed by atoms with E-state index in [-0.39, 0.29) is 16.7 Å². The normalized spacial score (nSPS) is 10.1. The van der Waals surface area contributed by atoms with E-state index < -0.39 is 17.2 Å². The van der Waals surface area contributed by atoms with Gasteiger partial charge in [0.05, 0.1) is 12.7 Å². The Bertz CT molecular complexity index is 842. The van der Waals surface area contributed by atoms with Crippen molar-refractivity contribution in [3.8, 4) is 17.7 Å². The first kappa shape index (κ1) is 15.3. The zero-order valence-corrected chi connectivity index (χ0v) is 12.4. The minimum atomic E-state index is -0.635. The molecule has 112 valence electrons. The molecule has 0 atom stereocenters. The third kappa shape index (κ3) is 2.33. The molecule has 1 heterocycles. The quantitative estimate of drug-likeness (QED) is 0.867. The first-order chi connectivity index (χ1) is 10.4. The molecule has 0 spiro atoms. The van der Waals surface area contributed by atoms with Crippen LogP contribution in [-0.4, -0.2) is 22.6 Å². The number of carbonyl (C=O) groups excluding carboxylic acids is 1. The Hall–Kier alpha value is -3.07. The number of aromatic nitrogens is 1. The van der Waals surface area contributed by atoms with Crippen molar-refractivity contribution in [2.24, 2.45) is 7.05 Å². The van der Waals surface area contributed by atoms with Crippen LogP contribution in [0, 0.1) is 18.3 Å². The van der Waals surface area contributed by atoms with Crippen molar-refractivity contribution >= 4 is 5.78 Å². The van der Waals surface area contributed by atoms with Gasteiger partial charge in [0.1, 0.15) is 17.4 Å². The molecule has 0 amide bonds. The van der Waals surface area contributed by atoms with E-state index in [4.69, 9.17) is 10.00 Å². The van der Waals surface area contributed by atoms with Crippen LogP contribution in [0.5, 0.6) is 11.6 Å². The van der Waals surface area contributed by atoms with Gasteiger partial charge in [0.15, 0.2) is 5.78 Å². The van der Waals surface area contributed by atoms with Gasteiger partial charge in [-0.1, -0.05) is 0 Å². The Morgan fingerprint density at radius 3 is 2.41 bits per heavy atom. The highest BCUT2D eigenvalue weighted by Crippen LogP contribution is 2.24. The molecule has 0 fully saturated rings. The number of rotatable bonds is 3. The van der Waals surface area contributed by atoms with Gasteiger partial charge in [0.25, 0.3) is 5.56 Å². The van der Waals surface area contributed by atoms with Crippen molar-refractivity contribution in [3.05, 3.63) is 56.9 Å². The highest BCUT2D eigenvalue weighted by molar-refractivity contribution is 6.11. The first-order valence-corrected chi connectivity index (χ1v) is 6.43. The fraction of sp³-hybridized carbons (Fsp3) is 0.188. The van der Waals surface area contributed by atoms with Crippen molar-refractivity contribution in [2.75, 3.05) is 7.11 Å². The largest absolute Gasteiger partial charge is 0.497 e. The number of methoxy groups -OCH3 is 1. The molecule has 6 heteroatoms. The Balaban J connectivity index is 2.66. The maximum absolute atomic E-state index is 12.6. The minimum absolute atomic E-state index is 0.0520. The maximum atomic E-state index is 12.6. The fourth-order valence-electron chi connectivity index (χ4n) is 2.17. The van der Waals surface area contributed by atoms with Crippen LogP contribution in [0.4, 0.5) is 0 Å². The summed E-state index contributed by atoms with van der Waals surface area (Å²) in [5.74, 6) is -0.331. The summed E-state index contributed by atoms with van der Waals surface area (Å²) in [5, 5.41) is 19.2. The summed E-state index contributed by atoms with van der Waals surface area (Å²) < 4.78 is 5.92. The maximum Gasteiger partial charge on any atom is 0.271 e. The van der Waals surface area contributed by atoms with Crippen molar-refractivity contribution < 1.29 is 14.6 Å². The number of aromatic hydroxyl groups is 1. The van der Waals surface area contributed by atoms with Gasteiger partial charge in [-0.15, -0.1) is 0 Å². The molecule has 1 aromatic carbocycles. The van der Waals surface area contributed by atoms with Crippen LogP contribution >= 0.6 is 0 Å². The van der Waals surface area contributed by atoms with Crippen molar-refractivity contribution in [1.29, 1.82) is 5.26 Å². The van der Waals surface area contributed by atoms with Crippen molar-refractivity contribution in [3.63, 3.8) is 0 Å². The van der Waals surface area contributed by atoms with Gasteiger partial charge in [0.2, 0.25) is 5.88 Å². The minimum Gasteiger partial charge on any atom is -0.497 e. The number of benzene rings is 1. The van der Waals surface area contributed by atoms with E-state index in [1.807, 2.05) is 0 Å². The number of hydrogen-bond acceptors (Lipinski definition) is 5. The molecule has 6 nitrogen and oxygen atoms in total. The molecule has 0 bridgehead atoms. The van der Waals surface area contributed by atoms with E-state index in [0.717, 1.165) is 4.57 Å². The lowest BCUT2D eigenvalue weighted by Crippen LogP contribution is -2.24. The Kier molecular flexibility index (Phi) is 4.00. The molecular weight excluding hydrogens is 284 g/mol. The van der Waals surface area contributed by atoms with E-state index in [0.29, 0.717) is 11.3 Å². The van der Waals surface area contributed by atoms with E-state index in [9.17, 15) is 14.7 Å². The molecule has 2 rings (SSSR count). The smallest absolute Gasteiger partial charge is 0.271 e. The zero-order chi connectivity index (χ0) is 16.4. The van der Waals surface area contributed by atoms with Crippen molar-refractivity contribution in [2.45, 2.75) is 6.92 Å². The molecule has 1 N–H and O–H groups in total. The van der Waals surface area contributed by atoms with E-state index in [2.05, 4.69) is 0 Å². The number of pyridine rings is 1. The van der Waals surface area contributed by atoms with Gasteiger partial charge >= 0.3 is 0 Å². The lowest BCUT2D eigenvalue weighted by atomic mass is 9.97. The molecule has 0 aliphatic rings. The summed E-state index contributed by atoms with van der Waals surface area (Å²) in [6.07, 6.45) is 0. The van der Waals surface area contributed by atoms with Gasteiger partial charge in [0, 0.05) is 12.6 Å². The SMILES string of the molecule is COc1ccc(C(=O)c2c(C)c(C#N)c(=O)n(C)c2O)cc1. The molecular formula is C16H14N2O4. The number of hydrogen-bond donors (Lipinski definition) is 1. The lowest BCUT2D eigenvalue weighted by Gasteiger charge is -2.12. The summed E-state index contributed by atoms with van der Waals surface area (Å²) in [6.45, 7) is 1.47. The predicted molar refractivity (Wildman–Crippen MR) is 79.2 cm³/mol. The monoisotopic (exact) mass is 298 g/mol. The summed E-state index contributed by atoms with van der Waals surface area (Å²) in [7, 11) is 2.82. The Morgan fingerprint density at radius 2 is 1.91 bits per heavy atom. The average Bonchev–Trinajstić information content (AvgIpc) is 2.53. The molecule has 0 unspecified atom stereocenters. The van der Waals surface area contributed by atoms with Crippen LogP contribution in [0.15, 0.2) is 29.1 Å². The summed E-state index contributed by atoms with van der Waals surface area (Å²) in [4.78, 5) is 24.5. The lowest BCUT2D eigenvalue weighted by molar-refractivity contribution is 0.103. The van der Waals surface area contributed by atoms with Gasteiger partial charge in [-0.05, 0) is 36.8 Å². The molecule has 2 aromatic rings. The highest BCUT2D eigenvalue weighted by atomic mass is 16.5. The third-order valence-corrected chi connectivity index (χ3v) is 3.50. The molecule has 1 aromatic heterocycles. The molecule has 0 saturated heterocycles. The molecule has 0 aliphatic carbocycles. The summed E-state index contributed by atoms with van der Waals surface area (Å²) in [5.41, 5.74) is -0.351. The average molecular weight is 298 g/mol. The molecule has 0 saturated carbocycles. The van der Waals surface area contributed by atoms with Crippen LogP contribution in [0.1, 0.15) is 27.0 Å². The first-order valence-electron chi connectivity index (χ1n) is 6.43. The topological polar surface area (TPSA) is 92.3 Å². The third-order valence-electron chi connectivity index (χ3n) is 3.50. The zero-order valence-electron chi connectivity index (χ0n) is 12.4. The second-order valence-corrected chi connectivity index (χ2v) is 4.73. The fourth-order valence-corrected chi connectivity index (χ4v) is 2.17. The van der Waals surface area contributed by atoms with Crippen LogP contribution in [0.25, 0.3) is 0 Å². The molecule has 0 aliphatic heterocycles. The molecule has 0 radical (unpaired) electrons. The van der Waals surface area contributed by atoms with E-state index >= 15 is 0 Å². The predicted octanol–water partition coefficient (Wildman–Crippen LogP) is 1.51. The standard InChI is InChI=1S/C16H14N2O4/c1-9-12(8-17)15(20)18(2)16(21)13(9)14(19)10-4-6-11(22-3)7-5-10/h4-7,21H,1-3H3. The summed E-state index contributed by atoms with van der Waals surface area (Å²) in [6, 6.07) is 8.12. The number of ether oxygens (including phenoxy) is 1. The summed E-state index contributed by atoms with van der Waals surface area (Å²) >= 11 is 0. The van der Waals surface area contributed by atoms with Crippen molar-refractivity contribution in [1.82, 2.24) is 4.57 Å². The Labute approximate surface area is 126 Å². The molecule has 22 heavy (non-hydrogen) atoms. The van der Waals surface area contributed by atoms with E-state index in [1.165, 1.54) is 21.1 Å². The van der Waals surface area contributed by atoms with Crippen LogP contribution in [0.2, 0.25) is 0 Å². The second kappa shape index (κ2) is 5.74. The van der Waals surface area contributed by atoms with E-state index in [1.54, 1.807) is 30.3 Å². The number of carbonyl (C=O) groups is 1. The van der Waals surface area contributed by atoms with Crippen LogP contribution in [-0.2, 0) is 7.05 Å². The van der Waals surface area contributed by atoms with Gasteiger partial charge < -0.3 is 9.84 Å². The van der Waals surface area contributed by atoms with Gasteiger partial charge in [-0.3, -0.25) is 14.2 Å². The number of nitriles is 1. The second-order valence-electron chi connectivity index (χ2n) is 4.73. The highest BCUT2D eigenvalue weighted by Gasteiger charge is 2.23. The van der Waals surface area contributed by atoms with Gasteiger partial charge in [-0.2, -0.15) is 5.26 Å². The van der Waals surface area contributed by atoms with Gasteiger partial charge in [-0.25, -0.2) is 0 Å². The van der Waals surface area contributed by atoms with Crippen LogP contribution in [0.3, 0.4) is 0 Å². The van der Waals surface area contributed by atoms with Crippen LogP contribution < -0.4 is 10.3 Å².